The second kappa shape index (κ2) is 9.40. The smallest absolute Gasteiger partial charge is 0.383 e. The van der Waals surface area contributed by atoms with Crippen molar-refractivity contribution in [1.29, 1.82) is 0 Å². The molecule has 4 aromatic rings. The van der Waals surface area contributed by atoms with E-state index < -0.39 is 17.8 Å². The van der Waals surface area contributed by atoms with Crippen molar-refractivity contribution >= 4 is 22.6 Å². The molecule has 190 valence electrons. The Balaban J connectivity index is 1.54. The van der Waals surface area contributed by atoms with Crippen molar-refractivity contribution in [1.82, 2.24) is 24.8 Å². The Morgan fingerprint density at radius 1 is 1.19 bits per heavy atom. The quantitative estimate of drug-likeness (QED) is 0.404. The minimum atomic E-state index is -4.50. The summed E-state index contributed by atoms with van der Waals surface area (Å²) >= 11 is 0. The third-order valence-electron chi connectivity index (χ3n) is 6.47. The van der Waals surface area contributed by atoms with Crippen LogP contribution < -0.4 is 5.73 Å². The first-order valence-corrected chi connectivity index (χ1v) is 11.6. The van der Waals surface area contributed by atoms with Crippen molar-refractivity contribution in [3.8, 4) is 0 Å². The lowest BCUT2D eigenvalue weighted by atomic mass is 9.99. The molecular formula is C26H23F3N6O2. The molecule has 1 aromatic carbocycles. The van der Waals surface area contributed by atoms with Gasteiger partial charge < -0.3 is 15.4 Å². The fourth-order valence-corrected chi connectivity index (χ4v) is 4.48. The van der Waals surface area contributed by atoms with Crippen molar-refractivity contribution < 1.29 is 22.7 Å². The largest absolute Gasteiger partial charge is 0.417 e. The molecule has 0 unspecified atom stereocenters. The highest BCUT2D eigenvalue weighted by Crippen LogP contribution is 2.38. The van der Waals surface area contributed by atoms with Crippen LogP contribution in [0.1, 0.15) is 64.6 Å². The highest BCUT2D eigenvalue weighted by Gasteiger charge is 2.32. The summed E-state index contributed by atoms with van der Waals surface area (Å²) in [5.74, 6) is 0.429. The number of carbonyl (C=O) groups excluding carboxylic acids is 1. The predicted molar refractivity (Wildman–Crippen MR) is 129 cm³/mol. The Kier molecular flexibility index (Phi) is 6.24. The molecule has 0 saturated heterocycles. The van der Waals surface area contributed by atoms with E-state index in [1.165, 1.54) is 11.0 Å². The minimum Gasteiger partial charge on any atom is -0.383 e. The van der Waals surface area contributed by atoms with Gasteiger partial charge in [0.05, 0.1) is 42.1 Å². The highest BCUT2D eigenvalue weighted by atomic mass is 19.4. The molecule has 37 heavy (non-hydrogen) atoms. The lowest BCUT2D eigenvalue weighted by Crippen LogP contribution is -2.34. The van der Waals surface area contributed by atoms with Gasteiger partial charge in [-0.25, -0.2) is 15.0 Å². The number of halogens is 3. The molecule has 5 rings (SSSR count). The van der Waals surface area contributed by atoms with Gasteiger partial charge in [-0.05, 0) is 55.8 Å². The van der Waals surface area contributed by atoms with Crippen LogP contribution in [-0.2, 0) is 24.1 Å². The summed E-state index contributed by atoms with van der Waals surface area (Å²) in [5, 5.41) is 0.760. The maximum Gasteiger partial charge on any atom is 0.417 e. The Labute approximate surface area is 210 Å². The molecule has 1 amide bonds. The minimum absolute atomic E-state index is 0.0489. The monoisotopic (exact) mass is 508 g/mol. The number of rotatable bonds is 5. The number of amides is 1. The van der Waals surface area contributed by atoms with Gasteiger partial charge in [0.1, 0.15) is 11.6 Å². The van der Waals surface area contributed by atoms with Crippen LogP contribution in [0.25, 0.3) is 10.9 Å². The van der Waals surface area contributed by atoms with Crippen LogP contribution in [0.4, 0.5) is 19.0 Å². The van der Waals surface area contributed by atoms with E-state index in [1.807, 2.05) is 6.92 Å². The van der Waals surface area contributed by atoms with Gasteiger partial charge in [0, 0.05) is 35.1 Å². The van der Waals surface area contributed by atoms with Gasteiger partial charge in [-0.2, -0.15) is 13.2 Å². The number of hydrogen-bond donors (Lipinski definition) is 1. The van der Waals surface area contributed by atoms with Gasteiger partial charge in [-0.15, -0.1) is 0 Å². The number of pyridine rings is 2. The molecule has 2 N–H and O–H groups in total. The van der Waals surface area contributed by atoms with E-state index in [0.717, 1.165) is 28.8 Å². The Bertz CT molecular complexity index is 1460. The number of alkyl halides is 3. The summed E-state index contributed by atoms with van der Waals surface area (Å²) in [6.45, 7) is 3.95. The fraction of sp³-hybridized carbons (Fsp3) is 0.269. The number of carbonyl (C=O) groups is 1. The van der Waals surface area contributed by atoms with Crippen molar-refractivity contribution in [2.45, 2.75) is 45.3 Å². The second-order valence-corrected chi connectivity index (χ2v) is 8.83. The number of aromatic nitrogens is 4. The van der Waals surface area contributed by atoms with Crippen molar-refractivity contribution in [3.05, 3.63) is 88.8 Å². The molecule has 11 heteroatoms. The van der Waals surface area contributed by atoms with Crippen LogP contribution in [0.3, 0.4) is 0 Å². The van der Waals surface area contributed by atoms with Crippen LogP contribution in [-0.4, -0.2) is 30.7 Å². The summed E-state index contributed by atoms with van der Waals surface area (Å²) in [5.41, 5.74) is 8.29. The van der Waals surface area contributed by atoms with Gasteiger partial charge in [-0.3, -0.25) is 9.78 Å². The number of nitrogens with zero attached hydrogens (tertiary/aromatic N) is 5. The van der Waals surface area contributed by atoms with Crippen LogP contribution in [0.2, 0.25) is 0 Å². The van der Waals surface area contributed by atoms with Crippen LogP contribution >= 0.6 is 0 Å². The van der Waals surface area contributed by atoms with E-state index in [0.29, 0.717) is 35.0 Å². The van der Waals surface area contributed by atoms with Crippen molar-refractivity contribution in [2.75, 3.05) is 5.73 Å². The fourth-order valence-electron chi connectivity index (χ4n) is 4.48. The molecular weight excluding hydrogens is 485 g/mol. The molecule has 4 heterocycles. The topological polar surface area (TPSA) is 107 Å². The van der Waals surface area contributed by atoms with Crippen molar-refractivity contribution in [3.63, 3.8) is 0 Å². The summed E-state index contributed by atoms with van der Waals surface area (Å²) in [4.78, 5) is 32.3. The molecule has 1 aliphatic heterocycles. The maximum atomic E-state index is 13.9. The molecule has 0 bridgehead atoms. The Morgan fingerprint density at radius 3 is 2.62 bits per heavy atom. The number of nitrogen functional groups attached to an aromatic ring is 1. The summed E-state index contributed by atoms with van der Waals surface area (Å²) in [6, 6.07) is 8.40. The molecule has 0 spiro atoms. The Hall–Kier alpha value is -4.12. The molecule has 0 aliphatic carbocycles. The van der Waals surface area contributed by atoms with E-state index >= 15 is 0 Å². The SMILES string of the molecule is C[C@@H]1OCc2c1c(N)nc1ccc(C(=O)N(Cc3ccc(C(F)(F)F)cn3)[C@H](C)c3ncccn3)cc21. The Morgan fingerprint density at radius 2 is 1.95 bits per heavy atom. The van der Waals surface area contributed by atoms with Crippen LogP contribution in [0.5, 0.6) is 0 Å². The molecule has 0 saturated carbocycles. The summed E-state index contributed by atoms with van der Waals surface area (Å²) in [7, 11) is 0. The average molecular weight is 509 g/mol. The first kappa shape index (κ1) is 24.6. The standard InChI is InChI=1S/C26H23F3N6O2/c1-14(24-31-8-3-9-32-24)35(12-18-6-5-17(11-33-18)26(27,28)29)25(36)16-4-7-21-19(10-16)20-13-37-15(2)22(20)23(30)34-21/h3-11,14-15H,12-13H2,1-2H3,(H2,30,34)/t14-,15+/m1/s1. The van der Waals surface area contributed by atoms with E-state index in [1.54, 1.807) is 43.6 Å². The molecule has 3 aromatic heterocycles. The zero-order chi connectivity index (χ0) is 26.3. The molecule has 1 aliphatic rings. The highest BCUT2D eigenvalue weighted by molar-refractivity contribution is 5.99. The number of fused-ring (bicyclic) bond motifs is 3. The van der Waals surface area contributed by atoms with Gasteiger partial charge in [-0.1, -0.05) is 0 Å². The number of hydrogen-bond acceptors (Lipinski definition) is 7. The number of benzene rings is 1. The zero-order valence-corrected chi connectivity index (χ0v) is 20.0. The number of anilines is 1. The zero-order valence-electron chi connectivity index (χ0n) is 20.0. The van der Waals surface area contributed by atoms with E-state index in [9.17, 15) is 18.0 Å². The second-order valence-electron chi connectivity index (χ2n) is 8.83. The van der Waals surface area contributed by atoms with Gasteiger partial charge in [0.15, 0.2) is 0 Å². The van der Waals surface area contributed by atoms with Gasteiger partial charge in [0.25, 0.3) is 5.91 Å². The lowest BCUT2D eigenvalue weighted by Gasteiger charge is -2.28. The molecule has 0 radical (unpaired) electrons. The normalized spacial score (nSPS) is 16.0. The van der Waals surface area contributed by atoms with Crippen LogP contribution in [0, 0.1) is 0 Å². The summed E-state index contributed by atoms with van der Waals surface area (Å²) < 4.78 is 44.8. The average Bonchev–Trinajstić information content (AvgIpc) is 3.29. The molecule has 2 atom stereocenters. The van der Waals surface area contributed by atoms with Crippen molar-refractivity contribution in [2.24, 2.45) is 0 Å². The summed E-state index contributed by atoms with van der Waals surface area (Å²) in [6.07, 6.45) is -0.819. The number of ether oxygens (including phenoxy) is 1. The first-order chi connectivity index (χ1) is 17.6. The van der Waals surface area contributed by atoms with Gasteiger partial charge in [0.2, 0.25) is 0 Å². The molecule has 8 nitrogen and oxygen atoms in total. The maximum absolute atomic E-state index is 13.9. The third-order valence-corrected chi connectivity index (χ3v) is 6.47. The predicted octanol–water partition coefficient (Wildman–Crippen LogP) is 5.02. The van der Waals surface area contributed by atoms with Crippen LogP contribution in [0.15, 0.2) is 55.0 Å². The van der Waals surface area contributed by atoms with E-state index in [4.69, 9.17) is 10.5 Å². The third kappa shape index (κ3) is 4.69. The lowest BCUT2D eigenvalue weighted by molar-refractivity contribution is -0.137. The van der Waals surface area contributed by atoms with Gasteiger partial charge >= 0.3 is 6.18 Å². The first-order valence-electron chi connectivity index (χ1n) is 11.6. The molecule has 0 fully saturated rings. The van der Waals surface area contributed by atoms with E-state index in [2.05, 4.69) is 19.9 Å². The number of nitrogens with two attached hydrogens (primary N) is 1. The van der Waals surface area contributed by atoms with E-state index in [-0.39, 0.29) is 18.6 Å².